The summed E-state index contributed by atoms with van der Waals surface area (Å²) in [7, 11) is 0. The van der Waals surface area contributed by atoms with Gasteiger partial charge in [-0.25, -0.2) is 0 Å². The lowest BCUT2D eigenvalue weighted by Crippen LogP contribution is -2.57. The van der Waals surface area contributed by atoms with Crippen LogP contribution in [0.3, 0.4) is 0 Å². The lowest BCUT2D eigenvalue weighted by atomic mass is 10.1. The molecule has 0 bridgehead atoms. The molecular formula is C20H34N6O9S. The molecule has 0 aliphatic heterocycles. The molecule has 0 aromatic carbocycles. The van der Waals surface area contributed by atoms with Crippen LogP contribution in [0, 0.1) is 0 Å². The van der Waals surface area contributed by atoms with E-state index in [1.165, 1.54) is 11.8 Å². The third-order valence-corrected chi connectivity index (χ3v) is 5.51. The number of carboxylic acid groups (broad SMARTS) is 2. The van der Waals surface area contributed by atoms with Crippen molar-refractivity contribution in [1.29, 1.82) is 0 Å². The fourth-order valence-corrected chi connectivity index (χ4v) is 3.32. The molecule has 0 radical (unpaired) electrons. The zero-order valence-electron chi connectivity index (χ0n) is 19.9. The minimum atomic E-state index is -1.43. The monoisotopic (exact) mass is 534 g/mol. The first-order valence-corrected chi connectivity index (χ1v) is 12.3. The summed E-state index contributed by atoms with van der Waals surface area (Å²) in [5.74, 6) is -6.22. The molecule has 11 N–H and O–H groups in total. The zero-order chi connectivity index (χ0) is 27.8. The first-order chi connectivity index (χ1) is 16.8. The van der Waals surface area contributed by atoms with Crippen LogP contribution in [-0.4, -0.2) is 87.9 Å². The minimum Gasteiger partial charge on any atom is -0.481 e. The van der Waals surface area contributed by atoms with E-state index < -0.39 is 78.5 Å². The van der Waals surface area contributed by atoms with E-state index in [2.05, 4.69) is 16.0 Å². The Bertz CT molecular complexity index is 825. The summed E-state index contributed by atoms with van der Waals surface area (Å²) in [6.45, 7) is 0. The Labute approximate surface area is 211 Å². The fraction of sp³-hybridized carbons (Fsp3) is 0.650. The lowest BCUT2D eigenvalue weighted by molar-refractivity contribution is -0.139. The third kappa shape index (κ3) is 14.1. The summed E-state index contributed by atoms with van der Waals surface area (Å²) >= 11 is 1.38. The molecule has 5 amide bonds. The quantitative estimate of drug-likeness (QED) is 0.0826. The molecule has 0 rings (SSSR count). The SMILES string of the molecule is CSCC[C@@H](NC(=O)[C@@H](N)CCC(N)=O)C(=O)N[C@@H](CCC(=O)O)C(=O)N[C@@H](CCC(=O)O)C(N)=O. The van der Waals surface area contributed by atoms with Crippen LogP contribution in [0.2, 0.25) is 0 Å². The molecule has 4 atom stereocenters. The zero-order valence-corrected chi connectivity index (χ0v) is 20.7. The van der Waals surface area contributed by atoms with Crippen molar-refractivity contribution in [1.82, 2.24) is 16.0 Å². The maximum absolute atomic E-state index is 12.9. The fourth-order valence-electron chi connectivity index (χ4n) is 2.85. The summed E-state index contributed by atoms with van der Waals surface area (Å²) in [5, 5.41) is 24.8. The number of aliphatic carboxylic acids is 2. The van der Waals surface area contributed by atoms with Crippen molar-refractivity contribution in [3.8, 4) is 0 Å². The van der Waals surface area contributed by atoms with E-state index >= 15 is 0 Å². The number of amides is 5. The summed E-state index contributed by atoms with van der Waals surface area (Å²) in [5.41, 5.74) is 16.0. The Kier molecular flexibility index (Phi) is 15.5. The van der Waals surface area contributed by atoms with Crippen molar-refractivity contribution in [2.45, 2.75) is 69.1 Å². The van der Waals surface area contributed by atoms with Crippen molar-refractivity contribution in [3.05, 3.63) is 0 Å². The van der Waals surface area contributed by atoms with Crippen LogP contribution >= 0.6 is 11.8 Å². The number of thioether (sulfide) groups is 1. The maximum Gasteiger partial charge on any atom is 0.303 e. The van der Waals surface area contributed by atoms with Crippen LogP contribution in [0.4, 0.5) is 0 Å². The Morgan fingerprint density at radius 1 is 0.694 bits per heavy atom. The highest BCUT2D eigenvalue weighted by Crippen LogP contribution is 2.07. The van der Waals surface area contributed by atoms with Gasteiger partial charge in [-0.15, -0.1) is 0 Å². The Morgan fingerprint density at radius 3 is 1.58 bits per heavy atom. The molecule has 0 unspecified atom stereocenters. The third-order valence-electron chi connectivity index (χ3n) is 4.87. The summed E-state index contributed by atoms with van der Waals surface area (Å²) in [4.78, 5) is 82.4. The molecule has 16 heteroatoms. The van der Waals surface area contributed by atoms with Gasteiger partial charge in [0.25, 0.3) is 0 Å². The number of carbonyl (C=O) groups excluding carboxylic acids is 5. The molecule has 0 aromatic heterocycles. The molecule has 0 saturated heterocycles. The standard InChI is InChI=1S/C20H34N6O9S/c1-36-9-8-13(25-18(33)10(21)2-5-14(22)27)20(35)26-12(4-7-16(30)31)19(34)24-11(17(23)32)3-6-15(28)29/h10-13H,2-9,21H2,1H3,(H2,22,27)(H2,23,32)(H,24,34)(H,25,33)(H,26,35)(H,28,29)(H,30,31)/t10-,11-,12-,13+/m0/s1. The number of hydrogen-bond donors (Lipinski definition) is 8. The average molecular weight is 535 g/mol. The molecule has 0 saturated carbocycles. The predicted molar refractivity (Wildman–Crippen MR) is 128 cm³/mol. The maximum atomic E-state index is 12.9. The van der Waals surface area contributed by atoms with Gasteiger partial charge < -0.3 is 43.4 Å². The minimum absolute atomic E-state index is 0.0491. The van der Waals surface area contributed by atoms with Gasteiger partial charge in [-0.2, -0.15) is 11.8 Å². The highest BCUT2D eigenvalue weighted by atomic mass is 32.2. The van der Waals surface area contributed by atoms with Crippen LogP contribution in [0.1, 0.15) is 44.9 Å². The lowest BCUT2D eigenvalue weighted by Gasteiger charge is -2.25. The first kappa shape index (κ1) is 32.6. The second-order valence-corrected chi connectivity index (χ2v) is 8.83. The van der Waals surface area contributed by atoms with Crippen molar-refractivity contribution < 1.29 is 43.8 Å². The van der Waals surface area contributed by atoms with Gasteiger partial charge >= 0.3 is 11.9 Å². The summed E-state index contributed by atoms with van der Waals surface area (Å²) < 4.78 is 0. The van der Waals surface area contributed by atoms with Crippen LogP contribution in [0.15, 0.2) is 0 Å². The Morgan fingerprint density at radius 2 is 1.14 bits per heavy atom. The summed E-state index contributed by atoms with van der Waals surface area (Å²) in [6.07, 6.45) is 0.0391. The van der Waals surface area contributed by atoms with Crippen molar-refractivity contribution in [2.24, 2.45) is 17.2 Å². The number of primary amides is 2. The van der Waals surface area contributed by atoms with E-state index in [0.717, 1.165) is 0 Å². The highest BCUT2D eigenvalue weighted by molar-refractivity contribution is 7.98. The summed E-state index contributed by atoms with van der Waals surface area (Å²) in [6, 6.07) is -5.08. The van der Waals surface area contributed by atoms with Crippen LogP contribution in [-0.2, 0) is 33.6 Å². The van der Waals surface area contributed by atoms with E-state index in [1.807, 2.05) is 0 Å². The number of rotatable bonds is 19. The molecule has 36 heavy (non-hydrogen) atoms. The number of nitrogens with one attached hydrogen (secondary N) is 3. The highest BCUT2D eigenvalue weighted by Gasteiger charge is 2.30. The number of carboxylic acids is 2. The van der Waals surface area contributed by atoms with Gasteiger partial charge in [-0.05, 0) is 37.7 Å². The molecule has 0 heterocycles. The van der Waals surface area contributed by atoms with Gasteiger partial charge in [0.1, 0.15) is 18.1 Å². The molecule has 0 aromatic rings. The van der Waals surface area contributed by atoms with Crippen LogP contribution in [0.5, 0.6) is 0 Å². The van der Waals surface area contributed by atoms with Crippen molar-refractivity contribution >= 4 is 53.2 Å². The first-order valence-electron chi connectivity index (χ1n) is 10.9. The Hall–Kier alpha value is -3.40. The molecule has 15 nitrogen and oxygen atoms in total. The van der Waals surface area contributed by atoms with Gasteiger partial charge in [0.2, 0.25) is 29.5 Å². The normalized spacial score (nSPS) is 13.9. The number of carbonyl (C=O) groups is 7. The predicted octanol–water partition coefficient (Wildman–Crippen LogP) is -3.00. The largest absolute Gasteiger partial charge is 0.481 e. The average Bonchev–Trinajstić information content (AvgIpc) is 2.79. The van der Waals surface area contributed by atoms with Gasteiger partial charge in [-0.1, -0.05) is 0 Å². The van der Waals surface area contributed by atoms with Gasteiger partial charge in [0.15, 0.2) is 0 Å². The molecule has 0 aliphatic rings. The van der Waals surface area contributed by atoms with Crippen molar-refractivity contribution in [2.75, 3.05) is 12.0 Å². The van der Waals surface area contributed by atoms with E-state index in [0.29, 0.717) is 5.75 Å². The molecule has 0 fully saturated rings. The Balaban J connectivity index is 5.53. The van der Waals surface area contributed by atoms with E-state index in [4.69, 9.17) is 27.4 Å². The number of nitrogens with two attached hydrogens (primary N) is 3. The van der Waals surface area contributed by atoms with Gasteiger partial charge in [0.05, 0.1) is 6.04 Å². The van der Waals surface area contributed by atoms with Crippen LogP contribution in [0.25, 0.3) is 0 Å². The van der Waals surface area contributed by atoms with E-state index in [1.54, 1.807) is 6.26 Å². The van der Waals surface area contributed by atoms with Gasteiger partial charge in [0, 0.05) is 19.3 Å². The second kappa shape index (κ2) is 17.1. The number of hydrogen-bond acceptors (Lipinski definition) is 9. The van der Waals surface area contributed by atoms with E-state index in [-0.39, 0.29) is 32.1 Å². The van der Waals surface area contributed by atoms with Crippen LogP contribution < -0.4 is 33.2 Å². The smallest absolute Gasteiger partial charge is 0.303 e. The second-order valence-electron chi connectivity index (χ2n) is 7.84. The molecule has 0 spiro atoms. The molecular weight excluding hydrogens is 500 g/mol. The van der Waals surface area contributed by atoms with E-state index in [9.17, 15) is 33.6 Å². The molecule has 0 aliphatic carbocycles. The van der Waals surface area contributed by atoms with Gasteiger partial charge in [-0.3, -0.25) is 33.6 Å². The molecule has 204 valence electrons. The van der Waals surface area contributed by atoms with Crippen molar-refractivity contribution in [3.63, 3.8) is 0 Å². The topological polar surface area (TPSA) is 274 Å².